The largest absolute Gasteiger partial charge is 0.381 e. The summed E-state index contributed by atoms with van der Waals surface area (Å²) in [6.45, 7) is 2.42. The molecule has 1 unspecified atom stereocenters. The lowest BCUT2D eigenvalue weighted by atomic mass is 10.0. The molecule has 0 aliphatic carbocycles. The van der Waals surface area contributed by atoms with Crippen LogP contribution < -0.4 is 5.73 Å². The molecule has 2 rings (SSSR count). The Morgan fingerprint density at radius 1 is 1.53 bits per heavy atom. The van der Waals surface area contributed by atoms with Gasteiger partial charge in [0, 0.05) is 30.7 Å². The Bertz CT molecular complexity index is 352. The van der Waals surface area contributed by atoms with Crippen LogP contribution in [0.25, 0.3) is 0 Å². The lowest BCUT2D eigenvalue weighted by molar-refractivity contribution is 0.0299. The van der Waals surface area contributed by atoms with Gasteiger partial charge >= 0.3 is 0 Å². The Morgan fingerprint density at radius 2 is 2.24 bits per heavy atom. The second kappa shape index (κ2) is 6.29. The Kier molecular flexibility index (Phi) is 4.99. The van der Waals surface area contributed by atoms with Crippen molar-refractivity contribution in [3.8, 4) is 0 Å². The van der Waals surface area contributed by atoms with Crippen molar-refractivity contribution in [3.05, 3.63) is 20.8 Å². The molecule has 0 aromatic carbocycles. The number of nitrogens with zero attached hydrogens (tertiary/aromatic N) is 1. The van der Waals surface area contributed by atoms with Crippen molar-refractivity contribution < 1.29 is 4.74 Å². The van der Waals surface area contributed by atoms with E-state index in [1.165, 1.54) is 8.66 Å². The Balaban J connectivity index is 2.06. The average molecular weight is 319 g/mol. The van der Waals surface area contributed by atoms with Gasteiger partial charge in [0.05, 0.1) is 9.83 Å². The zero-order valence-electron chi connectivity index (χ0n) is 10.1. The molecular formula is C12H19BrN2OS. The molecule has 3 nitrogen and oxygen atoms in total. The van der Waals surface area contributed by atoms with Crippen LogP contribution in [0.2, 0.25) is 0 Å². The van der Waals surface area contributed by atoms with Crippen molar-refractivity contribution in [3.63, 3.8) is 0 Å². The number of hydrogen-bond acceptors (Lipinski definition) is 4. The van der Waals surface area contributed by atoms with Gasteiger partial charge in [-0.15, -0.1) is 11.3 Å². The van der Waals surface area contributed by atoms with Crippen LogP contribution in [0.5, 0.6) is 0 Å². The summed E-state index contributed by atoms with van der Waals surface area (Å²) in [4.78, 5) is 3.76. The first-order valence-electron chi connectivity index (χ1n) is 5.97. The first-order valence-corrected chi connectivity index (χ1v) is 7.58. The predicted octanol–water partition coefficient (Wildman–Crippen LogP) is 2.62. The molecule has 1 atom stereocenters. The van der Waals surface area contributed by atoms with Crippen LogP contribution >= 0.6 is 27.3 Å². The van der Waals surface area contributed by atoms with Gasteiger partial charge in [0.1, 0.15) is 0 Å². The number of nitrogens with two attached hydrogens (primary N) is 1. The van der Waals surface area contributed by atoms with Gasteiger partial charge in [-0.2, -0.15) is 0 Å². The molecule has 0 saturated carbocycles. The van der Waals surface area contributed by atoms with Gasteiger partial charge in [0.15, 0.2) is 0 Å². The molecule has 0 spiro atoms. The van der Waals surface area contributed by atoms with E-state index in [9.17, 15) is 0 Å². The average Bonchev–Trinajstić information content (AvgIpc) is 2.78. The van der Waals surface area contributed by atoms with Crippen LogP contribution in [0.3, 0.4) is 0 Å². The summed E-state index contributed by atoms with van der Waals surface area (Å²) in [5.41, 5.74) is 5.94. The number of likely N-dealkylation sites (N-methyl/N-ethyl adjacent to an activating group) is 1. The fourth-order valence-corrected chi connectivity index (χ4v) is 3.93. The lowest BCUT2D eigenvalue weighted by Gasteiger charge is -2.36. The quantitative estimate of drug-likeness (QED) is 0.927. The summed E-state index contributed by atoms with van der Waals surface area (Å²) in [6.07, 6.45) is 2.22. The number of halogens is 1. The minimum absolute atomic E-state index is 0.328. The van der Waals surface area contributed by atoms with E-state index >= 15 is 0 Å². The molecule has 1 aromatic rings. The number of thiophene rings is 1. The third-order valence-electron chi connectivity index (χ3n) is 3.40. The van der Waals surface area contributed by atoms with Gasteiger partial charge in [-0.25, -0.2) is 0 Å². The topological polar surface area (TPSA) is 38.5 Å². The first-order chi connectivity index (χ1) is 8.22. The van der Waals surface area contributed by atoms with Crippen LogP contribution in [0.4, 0.5) is 0 Å². The van der Waals surface area contributed by atoms with Gasteiger partial charge < -0.3 is 10.5 Å². The van der Waals surface area contributed by atoms with Crippen molar-refractivity contribution in [1.29, 1.82) is 0 Å². The fourth-order valence-electron chi connectivity index (χ4n) is 2.34. The summed E-state index contributed by atoms with van der Waals surface area (Å²) in [5, 5.41) is 0. The molecule has 0 amide bonds. The highest BCUT2D eigenvalue weighted by molar-refractivity contribution is 9.11. The first kappa shape index (κ1) is 13.5. The molecule has 1 aromatic heterocycles. The highest BCUT2D eigenvalue weighted by Crippen LogP contribution is 2.31. The van der Waals surface area contributed by atoms with E-state index in [1.807, 2.05) is 0 Å². The molecule has 1 aliphatic rings. The minimum atomic E-state index is 0.328. The van der Waals surface area contributed by atoms with Gasteiger partial charge in [-0.3, -0.25) is 4.90 Å². The Labute approximate surface area is 115 Å². The summed E-state index contributed by atoms with van der Waals surface area (Å²) in [6, 6.07) is 5.19. The standard InChI is InChI=1S/C12H19BrN2OS/c1-15(9-4-6-16-7-5-9)10(8-14)11-2-3-12(13)17-11/h2-3,9-10H,4-8,14H2,1H3. The highest BCUT2D eigenvalue weighted by Gasteiger charge is 2.25. The number of rotatable bonds is 4. The summed E-state index contributed by atoms with van der Waals surface area (Å²) in [5.74, 6) is 0. The SMILES string of the molecule is CN(C1CCOCC1)C(CN)c1ccc(Br)s1. The predicted molar refractivity (Wildman–Crippen MR) is 75.4 cm³/mol. The molecule has 96 valence electrons. The maximum atomic E-state index is 5.94. The van der Waals surface area contributed by atoms with Crippen LogP contribution in [0.15, 0.2) is 15.9 Å². The molecular weight excluding hydrogens is 300 g/mol. The van der Waals surface area contributed by atoms with Gasteiger partial charge in [0.2, 0.25) is 0 Å². The lowest BCUT2D eigenvalue weighted by Crippen LogP contribution is -2.41. The summed E-state index contributed by atoms with van der Waals surface area (Å²) >= 11 is 5.29. The van der Waals surface area contributed by atoms with Crippen molar-refractivity contribution in [1.82, 2.24) is 4.90 Å². The van der Waals surface area contributed by atoms with E-state index in [2.05, 4.69) is 40.0 Å². The monoisotopic (exact) mass is 318 g/mol. The Hall–Kier alpha value is 0.0600. The molecule has 1 aliphatic heterocycles. The zero-order valence-corrected chi connectivity index (χ0v) is 12.5. The molecule has 2 heterocycles. The van der Waals surface area contributed by atoms with Crippen molar-refractivity contribution in [2.45, 2.75) is 24.9 Å². The maximum absolute atomic E-state index is 5.94. The van der Waals surface area contributed by atoms with E-state index in [1.54, 1.807) is 11.3 Å². The summed E-state index contributed by atoms with van der Waals surface area (Å²) < 4.78 is 6.58. The molecule has 1 saturated heterocycles. The smallest absolute Gasteiger partial charge is 0.0702 e. The molecule has 17 heavy (non-hydrogen) atoms. The van der Waals surface area contributed by atoms with Crippen LogP contribution in [0, 0.1) is 0 Å². The molecule has 0 radical (unpaired) electrons. The van der Waals surface area contributed by atoms with E-state index in [0.717, 1.165) is 26.1 Å². The van der Waals surface area contributed by atoms with E-state index < -0.39 is 0 Å². The van der Waals surface area contributed by atoms with Gasteiger partial charge in [-0.1, -0.05) is 0 Å². The van der Waals surface area contributed by atoms with E-state index in [0.29, 0.717) is 18.6 Å². The fraction of sp³-hybridized carbons (Fsp3) is 0.667. The second-order valence-electron chi connectivity index (χ2n) is 4.40. The van der Waals surface area contributed by atoms with Crippen molar-refractivity contribution >= 4 is 27.3 Å². The van der Waals surface area contributed by atoms with Gasteiger partial charge in [0.25, 0.3) is 0 Å². The van der Waals surface area contributed by atoms with E-state index in [4.69, 9.17) is 10.5 Å². The summed E-state index contributed by atoms with van der Waals surface area (Å²) in [7, 11) is 2.18. The zero-order chi connectivity index (χ0) is 12.3. The highest BCUT2D eigenvalue weighted by atomic mass is 79.9. The molecule has 1 fully saturated rings. The van der Waals surface area contributed by atoms with Crippen LogP contribution in [0.1, 0.15) is 23.8 Å². The van der Waals surface area contributed by atoms with Crippen molar-refractivity contribution in [2.24, 2.45) is 5.73 Å². The van der Waals surface area contributed by atoms with E-state index in [-0.39, 0.29) is 0 Å². The maximum Gasteiger partial charge on any atom is 0.0702 e. The van der Waals surface area contributed by atoms with Crippen molar-refractivity contribution in [2.75, 3.05) is 26.8 Å². The normalized spacial score (nSPS) is 19.8. The number of ether oxygens (including phenoxy) is 1. The third kappa shape index (κ3) is 3.29. The number of hydrogen-bond donors (Lipinski definition) is 1. The minimum Gasteiger partial charge on any atom is -0.381 e. The van der Waals surface area contributed by atoms with Crippen LogP contribution in [-0.4, -0.2) is 37.7 Å². The third-order valence-corrected chi connectivity index (χ3v) is 5.13. The molecule has 2 N–H and O–H groups in total. The molecule has 5 heteroatoms. The van der Waals surface area contributed by atoms with Crippen LogP contribution in [-0.2, 0) is 4.74 Å². The second-order valence-corrected chi connectivity index (χ2v) is 6.90. The molecule has 0 bridgehead atoms. The van der Waals surface area contributed by atoms with Gasteiger partial charge in [-0.05, 0) is 48.0 Å². The Morgan fingerprint density at radius 3 is 2.76 bits per heavy atom.